The van der Waals surface area contributed by atoms with Gasteiger partial charge in [0.25, 0.3) is 0 Å². The van der Waals surface area contributed by atoms with Crippen LogP contribution in [0.1, 0.15) is 52.4 Å². The minimum atomic E-state index is 0.0296. The molecule has 0 heterocycles. The second kappa shape index (κ2) is 4.42. The van der Waals surface area contributed by atoms with Crippen LogP contribution in [0.4, 0.5) is 0 Å². The third kappa shape index (κ3) is 2.36. The van der Waals surface area contributed by atoms with Gasteiger partial charge in [-0.15, -0.1) is 0 Å². The van der Waals surface area contributed by atoms with E-state index in [1.54, 1.807) is 0 Å². The zero-order chi connectivity index (χ0) is 10.9. The monoisotopic (exact) mass is 210 g/mol. The first kappa shape index (κ1) is 11.4. The fraction of sp³-hybridized carbons (Fsp3) is 1.00. The van der Waals surface area contributed by atoms with Crippen LogP contribution in [0.25, 0.3) is 0 Å². The van der Waals surface area contributed by atoms with E-state index in [2.05, 4.69) is 19.2 Å². The summed E-state index contributed by atoms with van der Waals surface area (Å²) in [5.74, 6) is 2.00. The Hall–Kier alpha value is -0.0800. The molecule has 2 saturated carbocycles. The molecule has 0 saturated heterocycles. The Morgan fingerprint density at radius 3 is 2.40 bits per heavy atom. The zero-order valence-corrected chi connectivity index (χ0v) is 10.3. The molecule has 2 aliphatic rings. The van der Waals surface area contributed by atoms with Gasteiger partial charge in [0.15, 0.2) is 0 Å². The number of fused-ring (bicyclic) bond motifs is 2. The summed E-state index contributed by atoms with van der Waals surface area (Å²) >= 11 is 0. The first-order valence-electron chi connectivity index (χ1n) is 6.69. The molecule has 0 aliphatic heterocycles. The van der Waals surface area contributed by atoms with E-state index in [4.69, 9.17) is 5.73 Å². The quantitative estimate of drug-likeness (QED) is 0.730. The van der Waals surface area contributed by atoms with Crippen molar-refractivity contribution < 1.29 is 0 Å². The lowest BCUT2D eigenvalue weighted by atomic mass is 9.91. The summed E-state index contributed by atoms with van der Waals surface area (Å²) in [6.45, 7) is 5.41. The van der Waals surface area contributed by atoms with Gasteiger partial charge in [0, 0.05) is 18.1 Å². The zero-order valence-electron chi connectivity index (χ0n) is 10.3. The Balaban J connectivity index is 1.78. The molecule has 3 atom stereocenters. The van der Waals surface area contributed by atoms with Crippen molar-refractivity contribution in [2.75, 3.05) is 6.54 Å². The molecule has 0 aromatic rings. The summed E-state index contributed by atoms with van der Waals surface area (Å²) in [5.41, 5.74) is 6.34. The van der Waals surface area contributed by atoms with Crippen molar-refractivity contribution in [1.82, 2.24) is 5.32 Å². The van der Waals surface area contributed by atoms with Crippen LogP contribution in [-0.4, -0.2) is 18.1 Å². The van der Waals surface area contributed by atoms with E-state index in [1.807, 2.05) is 0 Å². The summed E-state index contributed by atoms with van der Waals surface area (Å²) in [7, 11) is 0. The molecule has 15 heavy (non-hydrogen) atoms. The molecule has 88 valence electrons. The number of nitrogens with one attached hydrogen (secondary N) is 1. The van der Waals surface area contributed by atoms with Crippen molar-refractivity contribution in [1.29, 1.82) is 0 Å². The first-order valence-corrected chi connectivity index (χ1v) is 6.69. The van der Waals surface area contributed by atoms with Gasteiger partial charge in [0.2, 0.25) is 0 Å². The molecule has 3 unspecified atom stereocenters. The fourth-order valence-electron chi connectivity index (χ4n) is 3.33. The maximum absolute atomic E-state index is 6.31. The highest BCUT2D eigenvalue weighted by molar-refractivity contribution is 4.96. The fourth-order valence-corrected chi connectivity index (χ4v) is 3.33. The topological polar surface area (TPSA) is 38.0 Å². The lowest BCUT2D eigenvalue weighted by molar-refractivity contribution is 0.296. The third-order valence-electron chi connectivity index (χ3n) is 4.86. The minimum Gasteiger partial charge on any atom is -0.324 e. The van der Waals surface area contributed by atoms with Crippen LogP contribution < -0.4 is 11.1 Å². The van der Waals surface area contributed by atoms with E-state index in [0.29, 0.717) is 0 Å². The van der Waals surface area contributed by atoms with Gasteiger partial charge in [0.1, 0.15) is 0 Å². The van der Waals surface area contributed by atoms with Crippen molar-refractivity contribution in [3.05, 3.63) is 0 Å². The van der Waals surface area contributed by atoms with Crippen molar-refractivity contribution in [2.45, 2.75) is 64.0 Å². The molecule has 0 radical (unpaired) electrons. The largest absolute Gasteiger partial charge is 0.324 e. The molecule has 2 nitrogen and oxygen atoms in total. The third-order valence-corrected chi connectivity index (χ3v) is 4.86. The van der Waals surface area contributed by atoms with Gasteiger partial charge in [0.05, 0.1) is 0 Å². The van der Waals surface area contributed by atoms with Crippen molar-refractivity contribution in [3.63, 3.8) is 0 Å². The Kier molecular flexibility index (Phi) is 3.36. The Bertz CT molecular complexity index is 211. The normalized spacial score (nSPS) is 35.0. The Labute approximate surface area is 94.0 Å². The van der Waals surface area contributed by atoms with Crippen LogP contribution >= 0.6 is 0 Å². The second-order valence-corrected chi connectivity index (χ2v) is 5.73. The molecule has 3 N–H and O–H groups in total. The minimum absolute atomic E-state index is 0.0296. The van der Waals surface area contributed by atoms with E-state index in [9.17, 15) is 0 Å². The summed E-state index contributed by atoms with van der Waals surface area (Å²) in [6.07, 6.45) is 7.99. The van der Waals surface area contributed by atoms with Gasteiger partial charge in [-0.3, -0.25) is 0 Å². The first-order chi connectivity index (χ1) is 7.17. The van der Waals surface area contributed by atoms with E-state index in [1.165, 1.54) is 25.7 Å². The van der Waals surface area contributed by atoms with Crippen molar-refractivity contribution in [2.24, 2.45) is 17.6 Å². The average Bonchev–Trinajstić information content (AvgIpc) is 2.87. The molecule has 2 fully saturated rings. The van der Waals surface area contributed by atoms with Gasteiger partial charge in [-0.2, -0.15) is 0 Å². The van der Waals surface area contributed by atoms with Crippen LogP contribution in [0.5, 0.6) is 0 Å². The number of nitrogens with two attached hydrogens (primary N) is 1. The van der Waals surface area contributed by atoms with Gasteiger partial charge in [-0.05, 0) is 43.9 Å². The lowest BCUT2D eigenvalue weighted by Crippen LogP contribution is -2.51. The molecule has 0 spiro atoms. The average molecular weight is 210 g/mol. The highest BCUT2D eigenvalue weighted by Crippen LogP contribution is 2.44. The Morgan fingerprint density at radius 1 is 1.20 bits per heavy atom. The van der Waals surface area contributed by atoms with E-state index in [-0.39, 0.29) is 5.54 Å². The van der Waals surface area contributed by atoms with Gasteiger partial charge < -0.3 is 11.1 Å². The number of hydrogen-bond acceptors (Lipinski definition) is 2. The predicted octanol–water partition coefficient (Wildman–Crippen LogP) is 2.28. The molecule has 0 amide bonds. The highest BCUT2D eigenvalue weighted by Gasteiger charge is 2.39. The van der Waals surface area contributed by atoms with Crippen molar-refractivity contribution >= 4 is 0 Å². The van der Waals surface area contributed by atoms with Crippen LogP contribution in [0, 0.1) is 11.8 Å². The van der Waals surface area contributed by atoms with Crippen LogP contribution in [0.3, 0.4) is 0 Å². The molecule has 2 heteroatoms. The standard InChI is InChI=1S/C13H26N2/c1-3-13(14,4-2)9-15-12-8-10-5-6-11(12)7-10/h10-12,15H,3-9,14H2,1-2H3. The molecule has 0 aromatic heterocycles. The van der Waals surface area contributed by atoms with Crippen LogP contribution in [0.2, 0.25) is 0 Å². The second-order valence-electron chi connectivity index (χ2n) is 5.73. The van der Waals surface area contributed by atoms with E-state index in [0.717, 1.165) is 37.3 Å². The molecular weight excluding hydrogens is 184 g/mol. The molecular formula is C13H26N2. The summed E-state index contributed by atoms with van der Waals surface area (Å²) in [5, 5.41) is 3.73. The van der Waals surface area contributed by atoms with Crippen LogP contribution in [0.15, 0.2) is 0 Å². The van der Waals surface area contributed by atoms with Gasteiger partial charge >= 0.3 is 0 Å². The SMILES string of the molecule is CCC(N)(CC)CNC1CC2CCC1C2. The molecule has 2 rings (SSSR count). The highest BCUT2D eigenvalue weighted by atomic mass is 15.0. The summed E-state index contributed by atoms with van der Waals surface area (Å²) in [4.78, 5) is 0. The summed E-state index contributed by atoms with van der Waals surface area (Å²) in [6, 6.07) is 0.782. The van der Waals surface area contributed by atoms with Gasteiger partial charge in [-0.25, -0.2) is 0 Å². The smallest absolute Gasteiger partial charge is 0.0275 e. The molecule has 0 aromatic carbocycles. The van der Waals surface area contributed by atoms with Crippen LogP contribution in [-0.2, 0) is 0 Å². The van der Waals surface area contributed by atoms with Gasteiger partial charge in [-0.1, -0.05) is 20.3 Å². The number of rotatable bonds is 5. The lowest BCUT2D eigenvalue weighted by Gasteiger charge is -2.31. The summed E-state index contributed by atoms with van der Waals surface area (Å²) < 4.78 is 0. The van der Waals surface area contributed by atoms with Crippen molar-refractivity contribution in [3.8, 4) is 0 Å². The maximum atomic E-state index is 6.31. The predicted molar refractivity (Wildman–Crippen MR) is 64.7 cm³/mol. The number of hydrogen-bond donors (Lipinski definition) is 2. The molecule has 2 aliphatic carbocycles. The Morgan fingerprint density at radius 2 is 1.93 bits per heavy atom. The van der Waals surface area contributed by atoms with E-state index >= 15 is 0 Å². The maximum Gasteiger partial charge on any atom is 0.0275 e. The van der Waals surface area contributed by atoms with E-state index < -0.39 is 0 Å². The molecule has 2 bridgehead atoms.